The summed E-state index contributed by atoms with van der Waals surface area (Å²) in [4.78, 5) is 21.7. The molecule has 33 heavy (non-hydrogen) atoms. The minimum Gasteiger partial charge on any atom is -0.292 e. The van der Waals surface area contributed by atoms with Crippen LogP contribution >= 0.6 is 0 Å². The number of hydrogen-bond donors (Lipinski definition) is 0. The Bertz CT molecular complexity index is 1240. The molecule has 0 fully saturated rings. The Balaban J connectivity index is 1.43. The van der Waals surface area contributed by atoms with Gasteiger partial charge in [0.15, 0.2) is 5.78 Å². The van der Waals surface area contributed by atoms with Crippen molar-refractivity contribution in [3.63, 3.8) is 0 Å². The van der Waals surface area contributed by atoms with E-state index in [-0.39, 0.29) is 5.78 Å². The first-order valence-electron chi connectivity index (χ1n) is 11.3. The monoisotopic (exact) mass is 432 g/mol. The van der Waals surface area contributed by atoms with Crippen LogP contribution in [0.15, 0.2) is 102 Å². The predicted octanol–water partition coefficient (Wildman–Crippen LogP) is 6.27. The van der Waals surface area contributed by atoms with Gasteiger partial charge in [-0.15, -0.1) is 0 Å². The molecule has 0 saturated heterocycles. The molecular formula is C30H28N2O. The Morgan fingerprint density at radius 1 is 0.818 bits per heavy atom. The zero-order valence-electron chi connectivity index (χ0n) is 19.2. The van der Waals surface area contributed by atoms with E-state index in [2.05, 4.69) is 64.6 Å². The molecule has 3 aromatic carbocycles. The van der Waals surface area contributed by atoms with Gasteiger partial charge in [-0.1, -0.05) is 72.8 Å². The number of hydrogen-bond acceptors (Lipinski definition) is 3. The number of carbonyl (C=O) groups is 1. The highest BCUT2D eigenvalue weighted by molar-refractivity contribution is 6.46. The zero-order chi connectivity index (χ0) is 23.0. The molecule has 4 aromatic rings. The number of carbonyl (C=O) groups excluding carboxylic acids is 1. The molecule has 0 aliphatic carbocycles. The average Bonchev–Trinajstić information content (AvgIpc) is 2.86. The van der Waals surface area contributed by atoms with Crippen molar-refractivity contribution in [2.75, 3.05) is 7.05 Å². The fourth-order valence-corrected chi connectivity index (χ4v) is 4.02. The van der Waals surface area contributed by atoms with Gasteiger partial charge in [-0.25, -0.2) is 0 Å². The van der Waals surface area contributed by atoms with Gasteiger partial charge >= 0.3 is 0 Å². The number of aryl methyl sites for hydroxylation is 2. The van der Waals surface area contributed by atoms with Crippen LogP contribution in [-0.2, 0) is 17.6 Å². The first-order chi connectivity index (χ1) is 16.1. The predicted molar refractivity (Wildman–Crippen MR) is 136 cm³/mol. The number of ketones is 1. The first-order valence-corrected chi connectivity index (χ1v) is 11.3. The minimum atomic E-state index is 0.0669. The number of pyridine rings is 1. The summed E-state index contributed by atoms with van der Waals surface area (Å²) in [6, 6.07) is 29.1. The summed E-state index contributed by atoms with van der Waals surface area (Å²) in [5.74, 6) is 0.0669. The van der Waals surface area contributed by atoms with E-state index in [9.17, 15) is 4.79 Å². The molecule has 164 valence electrons. The summed E-state index contributed by atoms with van der Waals surface area (Å²) in [5.41, 5.74) is 8.27. The van der Waals surface area contributed by atoms with E-state index in [4.69, 9.17) is 0 Å². The normalized spacial score (nSPS) is 11.4. The van der Waals surface area contributed by atoms with E-state index in [0.717, 1.165) is 34.2 Å². The molecule has 4 rings (SSSR count). The second-order valence-electron chi connectivity index (χ2n) is 8.25. The third kappa shape index (κ3) is 5.69. The lowest BCUT2D eigenvalue weighted by molar-refractivity contribution is -0.112. The molecule has 0 amide bonds. The molecule has 0 unspecified atom stereocenters. The third-order valence-corrected chi connectivity index (χ3v) is 5.89. The number of benzene rings is 3. The van der Waals surface area contributed by atoms with Gasteiger partial charge in [0.25, 0.3) is 0 Å². The number of aromatic nitrogens is 1. The number of Topliss-reactive ketones (excluding diaryl/α,β-unsaturated/α-hetero) is 1. The van der Waals surface area contributed by atoms with E-state index in [1.807, 2.05) is 43.5 Å². The van der Waals surface area contributed by atoms with Crippen LogP contribution in [0.4, 0.5) is 0 Å². The Morgan fingerprint density at radius 3 is 2.24 bits per heavy atom. The summed E-state index contributed by atoms with van der Waals surface area (Å²) >= 11 is 0. The lowest BCUT2D eigenvalue weighted by atomic mass is 9.94. The van der Waals surface area contributed by atoms with Gasteiger partial charge < -0.3 is 0 Å². The number of nitrogens with zero attached hydrogens (tertiary/aromatic N) is 2. The second kappa shape index (κ2) is 10.6. The van der Waals surface area contributed by atoms with E-state index in [1.54, 1.807) is 13.2 Å². The van der Waals surface area contributed by atoms with Crippen molar-refractivity contribution < 1.29 is 4.79 Å². The maximum atomic E-state index is 13.1. The molecule has 0 N–H and O–H groups in total. The molecular weight excluding hydrogens is 404 g/mol. The van der Waals surface area contributed by atoms with Gasteiger partial charge in [0.05, 0.1) is 0 Å². The Morgan fingerprint density at radius 2 is 1.55 bits per heavy atom. The van der Waals surface area contributed by atoms with Crippen molar-refractivity contribution in [3.8, 4) is 11.1 Å². The van der Waals surface area contributed by atoms with Crippen LogP contribution in [0, 0.1) is 6.92 Å². The Hall–Kier alpha value is -3.85. The fourth-order valence-electron chi connectivity index (χ4n) is 4.02. The largest absolute Gasteiger partial charge is 0.292 e. The summed E-state index contributed by atoms with van der Waals surface area (Å²) in [6.45, 7) is 2.02. The maximum Gasteiger partial charge on any atom is 0.181 e. The summed E-state index contributed by atoms with van der Waals surface area (Å²) in [6.07, 6.45) is 5.64. The van der Waals surface area contributed by atoms with E-state index in [0.29, 0.717) is 18.6 Å². The first kappa shape index (κ1) is 22.3. The molecule has 0 bridgehead atoms. The van der Waals surface area contributed by atoms with Crippen LogP contribution in [-0.4, -0.2) is 23.5 Å². The quantitative estimate of drug-likeness (QED) is 0.308. The molecule has 1 heterocycles. The SMILES string of the molecule is CN=C(C(=O)CCc1ccc(Cc2ccccc2)cc1)c1cc(-c2cccnc2)ccc1C. The average molecular weight is 433 g/mol. The van der Waals surface area contributed by atoms with Crippen molar-refractivity contribution in [1.29, 1.82) is 0 Å². The topological polar surface area (TPSA) is 42.3 Å². The molecule has 0 aliphatic heterocycles. The number of aliphatic imine (C=N–C) groups is 1. The Labute approximate surface area is 195 Å². The van der Waals surface area contributed by atoms with Crippen LogP contribution in [0.1, 0.15) is 34.2 Å². The highest BCUT2D eigenvalue weighted by Crippen LogP contribution is 2.23. The smallest absolute Gasteiger partial charge is 0.181 e. The highest BCUT2D eigenvalue weighted by Gasteiger charge is 2.16. The minimum absolute atomic E-state index is 0.0669. The maximum absolute atomic E-state index is 13.1. The van der Waals surface area contributed by atoms with Crippen LogP contribution in [0.2, 0.25) is 0 Å². The summed E-state index contributed by atoms with van der Waals surface area (Å²) in [5, 5.41) is 0. The molecule has 0 radical (unpaired) electrons. The van der Waals surface area contributed by atoms with Crippen molar-refractivity contribution in [1.82, 2.24) is 4.98 Å². The van der Waals surface area contributed by atoms with Gasteiger partial charge in [-0.3, -0.25) is 14.8 Å². The molecule has 1 aromatic heterocycles. The van der Waals surface area contributed by atoms with Crippen molar-refractivity contribution in [2.24, 2.45) is 4.99 Å². The molecule has 0 spiro atoms. The zero-order valence-corrected chi connectivity index (χ0v) is 19.2. The molecule has 0 saturated carbocycles. The summed E-state index contributed by atoms with van der Waals surface area (Å²) < 4.78 is 0. The fraction of sp³-hybridized carbons (Fsp3) is 0.167. The van der Waals surface area contributed by atoms with Crippen LogP contribution in [0.3, 0.4) is 0 Å². The molecule has 0 atom stereocenters. The highest BCUT2D eigenvalue weighted by atomic mass is 16.1. The van der Waals surface area contributed by atoms with Crippen molar-refractivity contribution >= 4 is 11.5 Å². The van der Waals surface area contributed by atoms with Crippen LogP contribution in [0.25, 0.3) is 11.1 Å². The van der Waals surface area contributed by atoms with E-state index < -0.39 is 0 Å². The van der Waals surface area contributed by atoms with E-state index in [1.165, 1.54) is 11.1 Å². The Kier molecular flexibility index (Phi) is 7.21. The van der Waals surface area contributed by atoms with Gasteiger partial charge in [0, 0.05) is 37.0 Å². The van der Waals surface area contributed by atoms with Crippen molar-refractivity contribution in [3.05, 3.63) is 125 Å². The lowest BCUT2D eigenvalue weighted by Crippen LogP contribution is -2.17. The van der Waals surface area contributed by atoms with Gasteiger partial charge in [0.2, 0.25) is 0 Å². The lowest BCUT2D eigenvalue weighted by Gasteiger charge is -2.11. The van der Waals surface area contributed by atoms with Crippen LogP contribution < -0.4 is 0 Å². The van der Waals surface area contributed by atoms with Crippen molar-refractivity contribution in [2.45, 2.75) is 26.2 Å². The third-order valence-electron chi connectivity index (χ3n) is 5.89. The van der Waals surface area contributed by atoms with Gasteiger partial charge in [-0.05, 0) is 59.7 Å². The van der Waals surface area contributed by atoms with E-state index >= 15 is 0 Å². The molecule has 3 heteroatoms. The van der Waals surface area contributed by atoms with Gasteiger partial charge in [0.1, 0.15) is 5.71 Å². The van der Waals surface area contributed by atoms with Gasteiger partial charge in [-0.2, -0.15) is 0 Å². The molecule has 3 nitrogen and oxygen atoms in total. The number of rotatable bonds is 8. The summed E-state index contributed by atoms with van der Waals surface area (Å²) in [7, 11) is 1.70. The molecule has 0 aliphatic rings. The van der Waals surface area contributed by atoms with Crippen LogP contribution in [0.5, 0.6) is 0 Å². The standard InChI is InChI=1S/C30H28N2O/c1-22-10-16-26(27-9-6-18-32-21-27)20-28(22)30(31-2)29(33)17-15-23-11-13-25(14-12-23)19-24-7-4-3-5-8-24/h3-14,16,18,20-21H,15,17,19H2,1-2H3. The second-order valence-corrected chi connectivity index (χ2v) is 8.25.